The van der Waals surface area contributed by atoms with E-state index in [1.54, 1.807) is 6.92 Å². The molecule has 2 heterocycles. The molecule has 0 bridgehead atoms. The Morgan fingerprint density at radius 3 is 2.78 bits per heavy atom. The normalized spacial score (nSPS) is 18.6. The number of carbonyl (C=O) groups is 1. The number of benzene rings is 1. The number of carboxylic acid groups (broad SMARTS) is 1. The van der Waals surface area contributed by atoms with Gasteiger partial charge in [0.2, 0.25) is 0 Å². The van der Waals surface area contributed by atoms with Gasteiger partial charge in [-0.05, 0) is 42.4 Å². The fourth-order valence-electron chi connectivity index (χ4n) is 3.23. The minimum Gasteiger partial charge on any atom is -0.481 e. The average Bonchev–Trinajstić information content (AvgIpc) is 2.74. The van der Waals surface area contributed by atoms with E-state index in [4.69, 9.17) is 5.11 Å². The molecule has 0 aliphatic carbocycles. The number of aryl methyl sites for hydroxylation is 1. The summed E-state index contributed by atoms with van der Waals surface area (Å²) in [6, 6.07) is 4.46. The van der Waals surface area contributed by atoms with Crippen molar-refractivity contribution in [1.82, 2.24) is 0 Å². The molecule has 3 nitrogen and oxygen atoms in total. The SMILES string of the molecule is CC(Cc1cc2c3c(c1)CCN3CCC2)C(=O)O. The summed E-state index contributed by atoms with van der Waals surface area (Å²) in [4.78, 5) is 13.4. The van der Waals surface area contributed by atoms with E-state index in [2.05, 4.69) is 17.0 Å². The van der Waals surface area contributed by atoms with Gasteiger partial charge in [-0.15, -0.1) is 0 Å². The molecule has 18 heavy (non-hydrogen) atoms. The van der Waals surface area contributed by atoms with Crippen LogP contribution in [-0.4, -0.2) is 24.2 Å². The molecule has 0 fully saturated rings. The highest BCUT2D eigenvalue weighted by molar-refractivity contribution is 5.70. The second-order valence-electron chi connectivity index (χ2n) is 5.55. The minimum absolute atomic E-state index is 0.295. The molecule has 3 heteroatoms. The molecule has 0 saturated heterocycles. The first-order chi connectivity index (χ1) is 8.65. The van der Waals surface area contributed by atoms with E-state index in [-0.39, 0.29) is 5.92 Å². The summed E-state index contributed by atoms with van der Waals surface area (Å²) in [6.45, 7) is 4.11. The third kappa shape index (κ3) is 1.88. The van der Waals surface area contributed by atoms with Crippen LogP contribution in [0.15, 0.2) is 12.1 Å². The van der Waals surface area contributed by atoms with Crippen LogP contribution in [0.4, 0.5) is 5.69 Å². The molecule has 2 aliphatic rings. The number of carboxylic acids is 1. The Morgan fingerprint density at radius 2 is 2.06 bits per heavy atom. The lowest BCUT2D eigenvalue weighted by atomic mass is 9.93. The number of hydrogen-bond acceptors (Lipinski definition) is 2. The molecule has 2 aliphatic heterocycles. The van der Waals surface area contributed by atoms with Crippen molar-refractivity contribution in [2.24, 2.45) is 5.92 Å². The Morgan fingerprint density at radius 1 is 1.33 bits per heavy atom. The van der Waals surface area contributed by atoms with Crippen molar-refractivity contribution < 1.29 is 9.90 Å². The predicted octanol–water partition coefficient (Wildman–Crippen LogP) is 2.26. The van der Waals surface area contributed by atoms with Gasteiger partial charge in [-0.1, -0.05) is 19.1 Å². The van der Waals surface area contributed by atoms with Crippen LogP contribution in [0.2, 0.25) is 0 Å². The van der Waals surface area contributed by atoms with Crippen molar-refractivity contribution >= 4 is 11.7 Å². The van der Waals surface area contributed by atoms with Crippen LogP contribution < -0.4 is 4.90 Å². The Balaban J connectivity index is 1.92. The zero-order chi connectivity index (χ0) is 12.7. The molecule has 0 radical (unpaired) electrons. The van der Waals surface area contributed by atoms with Crippen molar-refractivity contribution in [2.75, 3.05) is 18.0 Å². The van der Waals surface area contributed by atoms with E-state index in [0.29, 0.717) is 6.42 Å². The molecule has 1 aromatic rings. The first kappa shape index (κ1) is 11.6. The number of anilines is 1. The van der Waals surface area contributed by atoms with E-state index in [1.165, 1.54) is 35.3 Å². The summed E-state index contributed by atoms with van der Waals surface area (Å²) < 4.78 is 0. The lowest BCUT2D eigenvalue weighted by Crippen LogP contribution is -2.26. The van der Waals surface area contributed by atoms with Gasteiger partial charge in [0.1, 0.15) is 0 Å². The molecular formula is C15H19NO2. The fraction of sp³-hybridized carbons (Fsp3) is 0.533. The molecule has 3 rings (SSSR count). The second kappa shape index (κ2) is 4.30. The van der Waals surface area contributed by atoms with E-state index in [1.807, 2.05) is 0 Å². The highest BCUT2D eigenvalue weighted by Gasteiger charge is 2.26. The summed E-state index contributed by atoms with van der Waals surface area (Å²) in [6.07, 6.45) is 4.14. The quantitative estimate of drug-likeness (QED) is 0.888. The summed E-state index contributed by atoms with van der Waals surface area (Å²) in [5, 5.41) is 9.01. The van der Waals surface area contributed by atoms with Crippen LogP contribution in [0.3, 0.4) is 0 Å². The van der Waals surface area contributed by atoms with E-state index in [0.717, 1.165) is 19.4 Å². The van der Waals surface area contributed by atoms with Crippen molar-refractivity contribution in [1.29, 1.82) is 0 Å². The smallest absolute Gasteiger partial charge is 0.306 e. The van der Waals surface area contributed by atoms with Crippen molar-refractivity contribution in [2.45, 2.75) is 32.6 Å². The van der Waals surface area contributed by atoms with Crippen LogP contribution in [-0.2, 0) is 24.1 Å². The molecule has 0 aromatic heterocycles. The third-order valence-corrected chi connectivity index (χ3v) is 4.13. The lowest BCUT2D eigenvalue weighted by Gasteiger charge is -2.27. The van der Waals surface area contributed by atoms with Gasteiger partial charge in [-0.25, -0.2) is 0 Å². The monoisotopic (exact) mass is 245 g/mol. The molecule has 96 valence electrons. The molecule has 0 saturated carbocycles. The maximum Gasteiger partial charge on any atom is 0.306 e. The maximum atomic E-state index is 10.9. The molecule has 1 atom stereocenters. The molecule has 1 unspecified atom stereocenters. The Bertz CT molecular complexity index is 496. The van der Waals surface area contributed by atoms with Gasteiger partial charge in [0, 0.05) is 18.8 Å². The number of nitrogens with zero attached hydrogens (tertiary/aromatic N) is 1. The lowest BCUT2D eigenvalue weighted by molar-refractivity contribution is -0.141. The topological polar surface area (TPSA) is 40.5 Å². The summed E-state index contributed by atoms with van der Waals surface area (Å²) >= 11 is 0. The number of hydrogen-bond donors (Lipinski definition) is 1. The predicted molar refractivity (Wildman–Crippen MR) is 71.2 cm³/mol. The van der Waals surface area contributed by atoms with E-state index < -0.39 is 5.97 Å². The Labute approximate surface area is 107 Å². The number of aliphatic carboxylic acids is 1. The van der Waals surface area contributed by atoms with Crippen LogP contribution in [0, 0.1) is 5.92 Å². The van der Waals surface area contributed by atoms with Gasteiger partial charge in [0.05, 0.1) is 5.92 Å². The molecule has 1 aromatic carbocycles. The van der Waals surface area contributed by atoms with Crippen LogP contribution in [0.1, 0.15) is 30.0 Å². The van der Waals surface area contributed by atoms with Gasteiger partial charge in [0.25, 0.3) is 0 Å². The van der Waals surface area contributed by atoms with Gasteiger partial charge < -0.3 is 10.0 Å². The summed E-state index contributed by atoms with van der Waals surface area (Å²) in [5.74, 6) is -0.998. The highest BCUT2D eigenvalue weighted by Crippen LogP contribution is 2.37. The van der Waals surface area contributed by atoms with Crippen LogP contribution >= 0.6 is 0 Å². The third-order valence-electron chi connectivity index (χ3n) is 4.13. The summed E-state index contributed by atoms with van der Waals surface area (Å²) in [5.41, 5.74) is 5.51. The van der Waals surface area contributed by atoms with Crippen LogP contribution in [0.25, 0.3) is 0 Å². The van der Waals surface area contributed by atoms with Gasteiger partial charge in [0.15, 0.2) is 0 Å². The Hall–Kier alpha value is -1.51. The minimum atomic E-state index is -0.703. The molecular weight excluding hydrogens is 226 g/mol. The molecule has 0 amide bonds. The van der Waals surface area contributed by atoms with E-state index >= 15 is 0 Å². The van der Waals surface area contributed by atoms with Crippen molar-refractivity contribution in [3.63, 3.8) is 0 Å². The average molecular weight is 245 g/mol. The first-order valence-electron chi connectivity index (χ1n) is 6.77. The van der Waals surface area contributed by atoms with Crippen LogP contribution in [0.5, 0.6) is 0 Å². The first-order valence-corrected chi connectivity index (χ1v) is 6.77. The van der Waals surface area contributed by atoms with Gasteiger partial charge >= 0.3 is 5.97 Å². The largest absolute Gasteiger partial charge is 0.481 e. The molecule has 0 spiro atoms. The fourth-order valence-corrected chi connectivity index (χ4v) is 3.23. The zero-order valence-electron chi connectivity index (χ0n) is 10.8. The molecule has 1 N–H and O–H groups in total. The van der Waals surface area contributed by atoms with Crippen molar-refractivity contribution in [3.8, 4) is 0 Å². The van der Waals surface area contributed by atoms with Crippen molar-refractivity contribution in [3.05, 3.63) is 28.8 Å². The Kier molecular flexibility index (Phi) is 2.77. The number of rotatable bonds is 3. The highest BCUT2D eigenvalue weighted by atomic mass is 16.4. The van der Waals surface area contributed by atoms with Gasteiger partial charge in [-0.3, -0.25) is 4.79 Å². The van der Waals surface area contributed by atoms with E-state index in [9.17, 15) is 4.79 Å². The second-order valence-corrected chi connectivity index (χ2v) is 5.55. The summed E-state index contributed by atoms with van der Waals surface area (Å²) in [7, 11) is 0. The maximum absolute atomic E-state index is 10.9. The zero-order valence-corrected chi connectivity index (χ0v) is 10.8. The standard InChI is InChI=1S/C15H19NO2/c1-10(15(17)18)7-11-8-12-3-2-5-16-6-4-13(9-11)14(12)16/h8-10H,2-7H2,1H3,(H,17,18). The van der Waals surface area contributed by atoms with Gasteiger partial charge in [-0.2, -0.15) is 0 Å².